The average Bonchev–Trinajstić information content (AvgIpc) is 2.46. The molecule has 0 radical (unpaired) electrons. The molecule has 2 N–H and O–H groups in total. The summed E-state index contributed by atoms with van der Waals surface area (Å²) in [5.74, 6) is 0.632. The number of carbonyl (C=O) groups excluding carboxylic acids is 1. The summed E-state index contributed by atoms with van der Waals surface area (Å²) in [4.78, 5) is 11.9. The Bertz CT molecular complexity index is 469. The fourth-order valence-electron chi connectivity index (χ4n) is 1.93. The number of aliphatic hydroxyl groups excluding tert-OH is 1. The van der Waals surface area contributed by atoms with Gasteiger partial charge in [-0.3, -0.25) is 4.79 Å². The molecule has 0 aliphatic heterocycles. The molecule has 1 atom stereocenters. The van der Waals surface area contributed by atoms with Crippen molar-refractivity contribution < 1.29 is 14.6 Å². The van der Waals surface area contributed by atoms with Crippen molar-refractivity contribution in [3.05, 3.63) is 35.9 Å². The SMILES string of the molecule is CCC(CCO)NC(=O)/C=C(/C)c1cccc(OC)c1. The van der Waals surface area contributed by atoms with Gasteiger partial charge in [0.25, 0.3) is 0 Å². The van der Waals surface area contributed by atoms with Crippen LogP contribution in [0.4, 0.5) is 0 Å². The van der Waals surface area contributed by atoms with Gasteiger partial charge in [-0.25, -0.2) is 0 Å². The molecule has 110 valence electrons. The molecule has 0 heterocycles. The molecule has 1 unspecified atom stereocenters. The number of ether oxygens (including phenoxy) is 1. The molecular weight excluding hydrogens is 254 g/mol. The number of allylic oxidation sites excluding steroid dienone is 1. The Balaban J connectivity index is 2.74. The predicted molar refractivity (Wildman–Crippen MR) is 80.6 cm³/mol. The lowest BCUT2D eigenvalue weighted by atomic mass is 10.1. The quantitative estimate of drug-likeness (QED) is 0.752. The summed E-state index contributed by atoms with van der Waals surface area (Å²) in [5, 5.41) is 11.8. The smallest absolute Gasteiger partial charge is 0.244 e. The van der Waals surface area contributed by atoms with Crippen LogP contribution in [0.2, 0.25) is 0 Å². The number of amides is 1. The van der Waals surface area contributed by atoms with Gasteiger partial charge in [-0.15, -0.1) is 0 Å². The first-order valence-electron chi connectivity index (χ1n) is 6.84. The summed E-state index contributed by atoms with van der Waals surface area (Å²) >= 11 is 0. The van der Waals surface area contributed by atoms with Crippen LogP contribution in [0.25, 0.3) is 5.57 Å². The predicted octanol–water partition coefficient (Wildman–Crippen LogP) is 2.38. The summed E-state index contributed by atoms with van der Waals surface area (Å²) in [6, 6.07) is 7.60. The second-order valence-electron chi connectivity index (χ2n) is 4.69. The highest BCUT2D eigenvalue weighted by atomic mass is 16.5. The summed E-state index contributed by atoms with van der Waals surface area (Å²) in [6.07, 6.45) is 2.96. The highest BCUT2D eigenvalue weighted by Gasteiger charge is 2.08. The maximum absolute atomic E-state index is 11.9. The molecule has 0 saturated carbocycles. The van der Waals surface area contributed by atoms with Crippen molar-refractivity contribution in [3.63, 3.8) is 0 Å². The van der Waals surface area contributed by atoms with Crippen LogP contribution < -0.4 is 10.1 Å². The molecule has 0 aromatic heterocycles. The van der Waals surface area contributed by atoms with Crippen molar-refractivity contribution in [3.8, 4) is 5.75 Å². The zero-order valence-electron chi connectivity index (χ0n) is 12.3. The third-order valence-corrected chi connectivity index (χ3v) is 3.19. The number of benzene rings is 1. The topological polar surface area (TPSA) is 58.6 Å². The molecule has 1 amide bonds. The lowest BCUT2D eigenvalue weighted by Gasteiger charge is -2.14. The second-order valence-corrected chi connectivity index (χ2v) is 4.69. The fraction of sp³-hybridized carbons (Fsp3) is 0.438. The van der Waals surface area contributed by atoms with E-state index in [9.17, 15) is 4.79 Å². The van der Waals surface area contributed by atoms with Crippen molar-refractivity contribution in [1.29, 1.82) is 0 Å². The van der Waals surface area contributed by atoms with E-state index in [0.717, 1.165) is 23.3 Å². The van der Waals surface area contributed by atoms with E-state index in [1.807, 2.05) is 38.1 Å². The Morgan fingerprint density at radius 3 is 2.85 bits per heavy atom. The molecule has 20 heavy (non-hydrogen) atoms. The van der Waals surface area contributed by atoms with Gasteiger partial charge < -0.3 is 15.2 Å². The minimum atomic E-state index is -0.134. The Hall–Kier alpha value is -1.81. The molecule has 0 spiro atoms. The Morgan fingerprint density at radius 1 is 1.50 bits per heavy atom. The van der Waals surface area contributed by atoms with Crippen molar-refractivity contribution in [2.75, 3.05) is 13.7 Å². The minimum Gasteiger partial charge on any atom is -0.497 e. The highest BCUT2D eigenvalue weighted by Crippen LogP contribution is 2.19. The first-order valence-corrected chi connectivity index (χ1v) is 6.84. The largest absolute Gasteiger partial charge is 0.497 e. The number of hydrogen-bond donors (Lipinski definition) is 2. The van der Waals surface area contributed by atoms with E-state index >= 15 is 0 Å². The van der Waals surface area contributed by atoms with Crippen LogP contribution in [0.3, 0.4) is 0 Å². The maximum Gasteiger partial charge on any atom is 0.244 e. The fourth-order valence-corrected chi connectivity index (χ4v) is 1.93. The van der Waals surface area contributed by atoms with Crippen LogP contribution >= 0.6 is 0 Å². The standard InChI is InChI=1S/C16H23NO3/c1-4-14(8-9-18)17-16(19)10-12(2)13-6-5-7-15(11-13)20-3/h5-7,10-11,14,18H,4,8-9H2,1-3H3,(H,17,19)/b12-10-. The molecule has 0 fully saturated rings. The third-order valence-electron chi connectivity index (χ3n) is 3.19. The monoisotopic (exact) mass is 277 g/mol. The maximum atomic E-state index is 11.9. The van der Waals surface area contributed by atoms with Gasteiger partial charge in [0.15, 0.2) is 0 Å². The normalized spacial score (nSPS) is 12.9. The number of aliphatic hydroxyl groups is 1. The summed E-state index contributed by atoms with van der Waals surface area (Å²) in [7, 11) is 1.62. The average molecular weight is 277 g/mol. The Morgan fingerprint density at radius 2 is 2.25 bits per heavy atom. The molecule has 4 heteroatoms. The van der Waals surface area contributed by atoms with Crippen LogP contribution in [0.1, 0.15) is 32.3 Å². The summed E-state index contributed by atoms with van der Waals surface area (Å²) < 4.78 is 5.17. The Kier molecular flexibility index (Phi) is 6.81. The molecule has 1 aromatic carbocycles. The van der Waals surface area contributed by atoms with E-state index in [0.29, 0.717) is 6.42 Å². The van der Waals surface area contributed by atoms with Crippen LogP contribution in [-0.4, -0.2) is 30.8 Å². The first-order chi connectivity index (χ1) is 9.60. The van der Waals surface area contributed by atoms with Crippen molar-refractivity contribution in [2.45, 2.75) is 32.7 Å². The molecule has 1 rings (SSSR count). The molecular formula is C16H23NO3. The van der Waals surface area contributed by atoms with Gasteiger partial charge in [0.1, 0.15) is 5.75 Å². The molecule has 0 aliphatic rings. The Labute approximate surface area is 120 Å². The van der Waals surface area contributed by atoms with Gasteiger partial charge in [-0.2, -0.15) is 0 Å². The van der Waals surface area contributed by atoms with E-state index in [-0.39, 0.29) is 18.6 Å². The molecule has 0 bridgehead atoms. The first kappa shape index (κ1) is 16.2. The van der Waals surface area contributed by atoms with Crippen LogP contribution in [0.15, 0.2) is 30.3 Å². The van der Waals surface area contributed by atoms with E-state index in [1.54, 1.807) is 13.2 Å². The van der Waals surface area contributed by atoms with E-state index in [4.69, 9.17) is 9.84 Å². The number of rotatable bonds is 7. The highest BCUT2D eigenvalue weighted by molar-refractivity contribution is 5.95. The third kappa shape index (κ3) is 5.05. The number of hydrogen-bond acceptors (Lipinski definition) is 3. The lowest BCUT2D eigenvalue weighted by Crippen LogP contribution is -2.33. The van der Waals surface area contributed by atoms with Crippen molar-refractivity contribution >= 4 is 11.5 Å². The van der Waals surface area contributed by atoms with E-state index in [1.165, 1.54) is 0 Å². The second kappa shape index (κ2) is 8.38. The molecule has 0 aliphatic carbocycles. The van der Waals surface area contributed by atoms with Crippen molar-refractivity contribution in [2.24, 2.45) is 0 Å². The minimum absolute atomic E-state index is 0.0156. The summed E-state index contributed by atoms with van der Waals surface area (Å²) in [5.41, 5.74) is 1.83. The van der Waals surface area contributed by atoms with Gasteiger partial charge in [0, 0.05) is 18.7 Å². The van der Waals surface area contributed by atoms with Gasteiger partial charge in [0.2, 0.25) is 5.91 Å². The molecule has 4 nitrogen and oxygen atoms in total. The van der Waals surface area contributed by atoms with Crippen molar-refractivity contribution in [1.82, 2.24) is 5.32 Å². The van der Waals surface area contributed by atoms with E-state index < -0.39 is 0 Å². The van der Waals surface area contributed by atoms with Gasteiger partial charge >= 0.3 is 0 Å². The van der Waals surface area contributed by atoms with Gasteiger partial charge in [-0.1, -0.05) is 19.1 Å². The molecule has 0 saturated heterocycles. The van der Waals surface area contributed by atoms with Gasteiger partial charge in [0.05, 0.1) is 7.11 Å². The number of methoxy groups -OCH3 is 1. The lowest BCUT2D eigenvalue weighted by molar-refractivity contribution is -0.117. The van der Waals surface area contributed by atoms with Gasteiger partial charge in [-0.05, 0) is 43.0 Å². The van der Waals surface area contributed by atoms with Crippen LogP contribution in [0.5, 0.6) is 5.75 Å². The zero-order valence-corrected chi connectivity index (χ0v) is 12.3. The van der Waals surface area contributed by atoms with E-state index in [2.05, 4.69) is 5.32 Å². The summed E-state index contributed by atoms with van der Waals surface area (Å²) in [6.45, 7) is 3.96. The van der Waals surface area contributed by atoms with Crippen LogP contribution in [0, 0.1) is 0 Å². The number of nitrogens with one attached hydrogen (secondary N) is 1. The number of carbonyl (C=O) groups is 1. The zero-order chi connectivity index (χ0) is 15.0. The molecule has 1 aromatic rings. The van der Waals surface area contributed by atoms with Crippen LogP contribution in [-0.2, 0) is 4.79 Å².